The average Bonchev–Trinajstić information content (AvgIpc) is 1.00. The van der Waals surface area contributed by atoms with Gasteiger partial charge in [-0.15, -0.1) is 0 Å². The van der Waals surface area contributed by atoms with Crippen molar-refractivity contribution in [1.82, 2.24) is 0 Å². The fourth-order valence-electron chi connectivity index (χ4n) is 0. The maximum absolute atomic E-state index is 7.50. The van der Waals surface area contributed by atoms with Crippen LogP contribution in [0.25, 0.3) is 0 Å². The topological polar surface area (TPSA) is 17.1 Å². The zero-order valence-electron chi connectivity index (χ0n) is 1.22. The van der Waals surface area contributed by atoms with Gasteiger partial charge in [-0.3, -0.25) is 4.79 Å². The van der Waals surface area contributed by atoms with Crippen LogP contribution in [0.4, 0.5) is 0 Å². The summed E-state index contributed by atoms with van der Waals surface area (Å²) in [5.74, 6) is 0. The van der Waals surface area contributed by atoms with E-state index >= 15 is 0 Å². The molecule has 0 aromatic carbocycles. The summed E-state index contributed by atoms with van der Waals surface area (Å²) in [6.07, 6.45) is 0. The molecular formula is CH3BNiO. The summed E-state index contributed by atoms with van der Waals surface area (Å²) in [7, 11) is 0. The molecule has 0 unspecified atom stereocenters. The molecule has 0 aromatic heterocycles. The first kappa shape index (κ1) is 29.2. The van der Waals surface area contributed by atoms with Crippen LogP contribution in [-0.4, -0.2) is 15.2 Å². The first-order valence-corrected chi connectivity index (χ1v) is 0.204. The standard InChI is InChI=1S/CO.BH3.Ni/c1-2;;/h;1H3;. The Morgan fingerprint density at radius 1 is 1.25 bits per heavy atom. The van der Waals surface area contributed by atoms with Gasteiger partial charge in [0.25, 0.3) is 6.79 Å². The molecule has 3 heteroatoms. The second kappa shape index (κ2) is 307. The van der Waals surface area contributed by atoms with Gasteiger partial charge in [-0.1, -0.05) is 0 Å². The van der Waals surface area contributed by atoms with Crippen LogP contribution in [-0.2, 0) is 21.3 Å². The van der Waals surface area contributed by atoms with E-state index in [2.05, 4.69) is 6.79 Å². The largest absolute Gasteiger partial charge is 0.281 e. The van der Waals surface area contributed by atoms with Gasteiger partial charge < -0.3 is 0 Å². The van der Waals surface area contributed by atoms with Crippen molar-refractivity contribution in [2.24, 2.45) is 0 Å². The molecule has 26 valence electrons. The monoisotopic (exact) mass is 100.0 g/mol. The molecule has 0 saturated carbocycles. The van der Waals surface area contributed by atoms with Crippen LogP contribution in [0.2, 0.25) is 0 Å². The summed E-state index contributed by atoms with van der Waals surface area (Å²) >= 11 is 0. The summed E-state index contributed by atoms with van der Waals surface area (Å²) in [6, 6.07) is 0. The molecule has 0 amide bonds. The van der Waals surface area contributed by atoms with Gasteiger partial charge in [-0.25, -0.2) is 0 Å². The molecule has 0 heterocycles. The Kier molecular flexibility index (Phi) is 2240. The van der Waals surface area contributed by atoms with Gasteiger partial charge in [0, 0.05) is 16.5 Å². The van der Waals surface area contributed by atoms with Gasteiger partial charge in [0.15, 0.2) is 0 Å². The summed E-state index contributed by atoms with van der Waals surface area (Å²) in [5, 5.41) is 0. The SMILES string of the molecule is B.[C]=O.[Ni]. The molecule has 0 aliphatic rings. The van der Waals surface area contributed by atoms with E-state index in [1.54, 1.807) is 0 Å². The van der Waals surface area contributed by atoms with Crippen LogP contribution in [0.3, 0.4) is 0 Å². The molecule has 0 aliphatic carbocycles. The second-order valence-corrected chi connectivity index (χ2v) is 0. The molecule has 0 rings (SSSR count). The van der Waals surface area contributed by atoms with Gasteiger partial charge in [-0.05, 0) is 0 Å². The molecular weight excluding hydrogens is 97.5 g/mol. The third-order valence-electron chi connectivity index (χ3n) is 0. The van der Waals surface area contributed by atoms with Crippen LogP contribution in [0.5, 0.6) is 0 Å². The predicted octanol–water partition coefficient (Wildman–Crippen LogP) is -1.58. The van der Waals surface area contributed by atoms with Gasteiger partial charge in [0.05, 0.1) is 8.41 Å². The number of carbonyl (C=O) groups excluding carboxylic acids is 1. The number of rotatable bonds is 0. The normalized spacial score (nSPS) is 1.00. The van der Waals surface area contributed by atoms with Crippen molar-refractivity contribution >= 4 is 15.2 Å². The van der Waals surface area contributed by atoms with Gasteiger partial charge in [0.1, 0.15) is 0 Å². The maximum atomic E-state index is 7.50. The summed E-state index contributed by atoms with van der Waals surface area (Å²) in [4.78, 5) is 7.50. The molecule has 0 N–H and O–H groups in total. The van der Waals surface area contributed by atoms with Crippen LogP contribution >= 0.6 is 0 Å². The van der Waals surface area contributed by atoms with Crippen LogP contribution in [0, 0.1) is 0 Å². The Bertz CT molecular complexity index is 8.00. The Hall–Kier alpha value is 0.228. The molecule has 0 aliphatic heterocycles. The van der Waals surface area contributed by atoms with E-state index in [-0.39, 0.29) is 24.9 Å². The Labute approximate surface area is 37.3 Å². The van der Waals surface area contributed by atoms with Crippen molar-refractivity contribution in [3.63, 3.8) is 0 Å². The smallest absolute Gasteiger partial charge is 0.281 e. The maximum Gasteiger partial charge on any atom is 0.281 e. The Morgan fingerprint density at radius 2 is 1.25 bits per heavy atom. The minimum atomic E-state index is 0. The minimum absolute atomic E-state index is 0. The van der Waals surface area contributed by atoms with Crippen molar-refractivity contribution < 1.29 is 21.3 Å². The molecule has 0 spiro atoms. The number of hydrogen-bond acceptors (Lipinski definition) is 1. The molecule has 2 radical (unpaired) electrons. The third-order valence-corrected chi connectivity index (χ3v) is 0. The van der Waals surface area contributed by atoms with Gasteiger partial charge in [0.2, 0.25) is 0 Å². The van der Waals surface area contributed by atoms with Crippen LogP contribution in [0.15, 0.2) is 0 Å². The molecule has 0 bridgehead atoms. The van der Waals surface area contributed by atoms with E-state index in [4.69, 9.17) is 4.79 Å². The van der Waals surface area contributed by atoms with Crippen molar-refractivity contribution in [3.05, 3.63) is 0 Å². The Morgan fingerprint density at radius 3 is 1.25 bits per heavy atom. The molecule has 0 atom stereocenters. The van der Waals surface area contributed by atoms with Crippen molar-refractivity contribution in [1.29, 1.82) is 0 Å². The molecule has 0 saturated heterocycles. The first-order chi connectivity index (χ1) is 1.00. The Balaban J connectivity index is -0.00000000500. The van der Waals surface area contributed by atoms with E-state index in [1.807, 2.05) is 0 Å². The second-order valence-electron chi connectivity index (χ2n) is 0. The molecule has 0 aromatic rings. The zero-order chi connectivity index (χ0) is 2.00. The quantitative estimate of drug-likeness (QED) is 0.336. The van der Waals surface area contributed by atoms with E-state index in [0.29, 0.717) is 0 Å². The van der Waals surface area contributed by atoms with E-state index in [1.165, 1.54) is 0 Å². The van der Waals surface area contributed by atoms with Crippen molar-refractivity contribution in [2.75, 3.05) is 0 Å². The number of hydrogen-bond donors (Lipinski definition) is 0. The molecule has 4 heavy (non-hydrogen) atoms. The van der Waals surface area contributed by atoms with Crippen LogP contribution in [0.1, 0.15) is 0 Å². The predicted molar refractivity (Wildman–Crippen MR) is 15.6 cm³/mol. The molecule has 0 fully saturated rings. The van der Waals surface area contributed by atoms with E-state index < -0.39 is 0 Å². The third kappa shape index (κ3) is 64.4. The van der Waals surface area contributed by atoms with Gasteiger partial charge >= 0.3 is 0 Å². The van der Waals surface area contributed by atoms with E-state index in [0.717, 1.165) is 0 Å². The van der Waals surface area contributed by atoms with Crippen molar-refractivity contribution in [3.8, 4) is 0 Å². The summed E-state index contributed by atoms with van der Waals surface area (Å²) in [6.45, 7) is 4.50. The average molecular weight is 101 g/mol. The minimum Gasteiger partial charge on any atom is -0.281 e. The van der Waals surface area contributed by atoms with E-state index in [9.17, 15) is 0 Å². The molecule has 1 nitrogen and oxygen atoms in total. The summed E-state index contributed by atoms with van der Waals surface area (Å²) in [5.41, 5.74) is 0. The van der Waals surface area contributed by atoms with Crippen molar-refractivity contribution in [2.45, 2.75) is 0 Å². The fraction of sp³-hybridized carbons (Fsp3) is 0. The zero-order valence-corrected chi connectivity index (χ0v) is 2.21. The van der Waals surface area contributed by atoms with Crippen LogP contribution < -0.4 is 0 Å². The van der Waals surface area contributed by atoms with Gasteiger partial charge in [-0.2, -0.15) is 0 Å². The summed E-state index contributed by atoms with van der Waals surface area (Å²) < 4.78 is 0. The first-order valence-electron chi connectivity index (χ1n) is 0.204. The fourth-order valence-corrected chi connectivity index (χ4v) is 0.